The predicted molar refractivity (Wildman–Crippen MR) is 61.7 cm³/mol. The van der Waals surface area contributed by atoms with E-state index in [9.17, 15) is 0 Å². The summed E-state index contributed by atoms with van der Waals surface area (Å²) in [5.74, 6) is 0. The van der Waals surface area contributed by atoms with Gasteiger partial charge >= 0.3 is 0 Å². The monoisotopic (exact) mass is 202 g/mol. The molecule has 0 aliphatic rings. The lowest BCUT2D eigenvalue weighted by molar-refractivity contribution is 0.0626. The number of nitrogens with zero attached hydrogens (tertiary/aromatic N) is 1. The van der Waals surface area contributed by atoms with Crippen molar-refractivity contribution in [3.05, 3.63) is 0 Å². The number of hydrogen-bond donors (Lipinski definition) is 1. The zero-order valence-corrected chi connectivity index (χ0v) is 10.3. The fourth-order valence-corrected chi connectivity index (χ4v) is 1.42. The molecule has 0 aromatic rings. The highest BCUT2D eigenvalue weighted by Crippen LogP contribution is 1.91. The van der Waals surface area contributed by atoms with Gasteiger partial charge in [-0.1, -0.05) is 6.92 Å². The smallest absolute Gasteiger partial charge is 0.0596 e. The summed E-state index contributed by atoms with van der Waals surface area (Å²) in [5, 5.41) is 3.39. The molecule has 0 aliphatic carbocycles. The fraction of sp³-hybridized carbons (Fsp3) is 1.00. The van der Waals surface area contributed by atoms with Gasteiger partial charge in [0, 0.05) is 19.1 Å². The van der Waals surface area contributed by atoms with Crippen molar-refractivity contribution < 1.29 is 4.74 Å². The van der Waals surface area contributed by atoms with Crippen molar-refractivity contribution >= 4 is 0 Å². The van der Waals surface area contributed by atoms with E-state index in [4.69, 9.17) is 4.74 Å². The quantitative estimate of drug-likeness (QED) is 0.643. The third-order valence-corrected chi connectivity index (χ3v) is 2.06. The number of likely N-dealkylation sites (N-methyl/N-ethyl adjacent to an activating group) is 2. The first-order valence-corrected chi connectivity index (χ1v) is 5.59. The maximum Gasteiger partial charge on any atom is 0.0596 e. The Morgan fingerprint density at radius 1 is 1.29 bits per heavy atom. The molecule has 0 amide bonds. The molecule has 0 fully saturated rings. The van der Waals surface area contributed by atoms with Crippen LogP contribution in [0.3, 0.4) is 0 Å². The Balaban J connectivity index is 3.39. The van der Waals surface area contributed by atoms with E-state index in [-0.39, 0.29) is 0 Å². The number of nitrogens with one attached hydrogen (secondary N) is 1. The molecule has 3 nitrogen and oxygen atoms in total. The van der Waals surface area contributed by atoms with Crippen molar-refractivity contribution in [1.29, 1.82) is 0 Å². The molecule has 0 saturated carbocycles. The molecular formula is C11H26N2O. The number of rotatable bonds is 8. The van der Waals surface area contributed by atoms with Gasteiger partial charge in [0.25, 0.3) is 0 Å². The van der Waals surface area contributed by atoms with Gasteiger partial charge in [0.15, 0.2) is 0 Å². The van der Waals surface area contributed by atoms with Gasteiger partial charge in [-0.25, -0.2) is 0 Å². The van der Waals surface area contributed by atoms with Crippen molar-refractivity contribution in [3.63, 3.8) is 0 Å². The average molecular weight is 202 g/mol. The zero-order chi connectivity index (χ0) is 11.0. The maximum absolute atomic E-state index is 5.49. The van der Waals surface area contributed by atoms with Gasteiger partial charge in [-0.15, -0.1) is 0 Å². The van der Waals surface area contributed by atoms with Crippen LogP contribution >= 0.6 is 0 Å². The molecule has 0 saturated heterocycles. The Labute approximate surface area is 88.8 Å². The van der Waals surface area contributed by atoms with Gasteiger partial charge in [-0.2, -0.15) is 0 Å². The van der Waals surface area contributed by atoms with Crippen molar-refractivity contribution in [3.8, 4) is 0 Å². The van der Waals surface area contributed by atoms with E-state index >= 15 is 0 Å². The van der Waals surface area contributed by atoms with Crippen LogP contribution < -0.4 is 5.32 Å². The summed E-state index contributed by atoms with van der Waals surface area (Å²) in [7, 11) is 2.14. The van der Waals surface area contributed by atoms with Crippen LogP contribution in [-0.4, -0.2) is 50.3 Å². The third-order valence-electron chi connectivity index (χ3n) is 2.06. The molecule has 0 bridgehead atoms. The molecule has 0 heterocycles. The van der Waals surface area contributed by atoms with Crippen LogP contribution in [-0.2, 0) is 4.74 Å². The summed E-state index contributed by atoms with van der Waals surface area (Å²) in [4.78, 5) is 2.30. The van der Waals surface area contributed by atoms with Gasteiger partial charge in [0.05, 0.1) is 12.7 Å². The largest absolute Gasteiger partial charge is 0.377 e. The van der Waals surface area contributed by atoms with Crippen molar-refractivity contribution in [1.82, 2.24) is 10.2 Å². The maximum atomic E-state index is 5.49. The summed E-state index contributed by atoms with van der Waals surface area (Å²) in [5.41, 5.74) is 0. The second-order valence-electron chi connectivity index (χ2n) is 4.14. The molecule has 14 heavy (non-hydrogen) atoms. The zero-order valence-electron chi connectivity index (χ0n) is 10.3. The Hall–Kier alpha value is -0.120. The van der Waals surface area contributed by atoms with E-state index in [2.05, 4.69) is 45.0 Å². The van der Waals surface area contributed by atoms with E-state index in [0.29, 0.717) is 12.1 Å². The van der Waals surface area contributed by atoms with Crippen LogP contribution in [0.15, 0.2) is 0 Å². The van der Waals surface area contributed by atoms with Crippen LogP contribution in [0.5, 0.6) is 0 Å². The molecule has 0 aliphatic heterocycles. The summed E-state index contributed by atoms with van der Waals surface area (Å²) in [6.07, 6.45) is 0.342. The molecule has 86 valence electrons. The summed E-state index contributed by atoms with van der Waals surface area (Å²) in [6.45, 7) is 12.4. The molecule has 0 radical (unpaired) electrons. The predicted octanol–water partition coefficient (Wildman–Crippen LogP) is 1.34. The van der Waals surface area contributed by atoms with Crippen LogP contribution in [0.4, 0.5) is 0 Å². The highest BCUT2D eigenvalue weighted by molar-refractivity contribution is 4.64. The molecule has 0 rings (SSSR count). The van der Waals surface area contributed by atoms with Gasteiger partial charge in [0.2, 0.25) is 0 Å². The molecule has 0 aromatic carbocycles. The Morgan fingerprint density at radius 3 is 2.43 bits per heavy atom. The first kappa shape index (κ1) is 13.9. The summed E-state index contributed by atoms with van der Waals surface area (Å²) >= 11 is 0. The van der Waals surface area contributed by atoms with Crippen LogP contribution in [0.2, 0.25) is 0 Å². The fourth-order valence-electron chi connectivity index (χ4n) is 1.42. The molecule has 1 N–H and O–H groups in total. The first-order valence-electron chi connectivity index (χ1n) is 5.59. The molecule has 0 aromatic heterocycles. The van der Waals surface area contributed by atoms with Crippen LogP contribution in [0, 0.1) is 0 Å². The van der Waals surface area contributed by atoms with E-state index in [1.165, 1.54) is 0 Å². The van der Waals surface area contributed by atoms with Gasteiger partial charge in [-0.05, 0) is 34.4 Å². The molecular weight excluding hydrogens is 176 g/mol. The van der Waals surface area contributed by atoms with Crippen molar-refractivity contribution in [2.24, 2.45) is 0 Å². The van der Waals surface area contributed by atoms with Crippen molar-refractivity contribution in [2.75, 3.05) is 33.3 Å². The summed E-state index contributed by atoms with van der Waals surface area (Å²) < 4.78 is 5.49. The number of hydrogen-bond acceptors (Lipinski definition) is 3. The highest BCUT2D eigenvalue weighted by Gasteiger charge is 2.04. The second-order valence-corrected chi connectivity index (χ2v) is 4.14. The minimum absolute atomic E-state index is 0.342. The standard InChI is InChI=1S/C11H26N2O/c1-6-12-11(4)9-13(5)7-8-14-10(2)3/h10-12H,6-9H2,1-5H3. The van der Waals surface area contributed by atoms with Crippen molar-refractivity contribution in [2.45, 2.75) is 39.8 Å². The summed E-state index contributed by atoms with van der Waals surface area (Å²) in [6, 6.07) is 0.559. The average Bonchev–Trinajstić information content (AvgIpc) is 2.03. The van der Waals surface area contributed by atoms with Gasteiger partial charge in [-0.3, -0.25) is 0 Å². The van der Waals surface area contributed by atoms with Gasteiger partial charge in [0.1, 0.15) is 0 Å². The number of ether oxygens (including phenoxy) is 1. The topological polar surface area (TPSA) is 24.5 Å². The Bertz CT molecular complexity index is 128. The van der Waals surface area contributed by atoms with E-state index in [1.54, 1.807) is 0 Å². The van der Waals surface area contributed by atoms with E-state index in [1.807, 2.05) is 0 Å². The normalized spacial score (nSPS) is 13.9. The SMILES string of the molecule is CCNC(C)CN(C)CCOC(C)C. The van der Waals surface area contributed by atoms with Gasteiger partial charge < -0.3 is 15.0 Å². The lowest BCUT2D eigenvalue weighted by Crippen LogP contribution is -2.38. The first-order chi connectivity index (χ1) is 6.56. The highest BCUT2D eigenvalue weighted by atomic mass is 16.5. The van der Waals surface area contributed by atoms with E-state index in [0.717, 1.165) is 26.2 Å². The third kappa shape index (κ3) is 8.48. The lowest BCUT2D eigenvalue weighted by atomic mass is 10.3. The lowest BCUT2D eigenvalue weighted by Gasteiger charge is -2.22. The Morgan fingerprint density at radius 2 is 1.93 bits per heavy atom. The molecule has 1 atom stereocenters. The van der Waals surface area contributed by atoms with E-state index < -0.39 is 0 Å². The Kier molecular flexibility index (Phi) is 8.14. The molecule has 1 unspecified atom stereocenters. The minimum Gasteiger partial charge on any atom is -0.377 e. The molecule has 3 heteroatoms. The molecule has 0 spiro atoms. The van der Waals surface area contributed by atoms with Crippen LogP contribution in [0.1, 0.15) is 27.7 Å². The second kappa shape index (κ2) is 8.21. The minimum atomic E-state index is 0.342. The van der Waals surface area contributed by atoms with Crippen LogP contribution in [0.25, 0.3) is 0 Å².